The fourth-order valence-electron chi connectivity index (χ4n) is 3.09. The first-order valence-corrected chi connectivity index (χ1v) is 8.55. The minimum Gasteiger partial charge on any atom is -0.478 e. The van der Waals surface area contributed by atoms with Crippen molar-refractivity contribution in [3.63, 3.8) is 0 Å². The molecule has 1 fully saturated rings. The Morgan fingerprint density at radius 2 is 2.30 bits per heavy atom. The van der Waals surface area contributed by atoms with E-state index >= 15 is 0 Å². The van der Waals surface area contributed by atoms with Crippen LogP contribution in [-0.4, -0.2) is 30.2 Å². The van der Waals surface area contributed by atoms with Crippen LogP contribution in [0.5, 0.6) is 5.88 Å². The number of methoxy groups -OCH3 is 1. The van der Waals surface area contributed by atoms with Crippen molar-refractivity contribution in [3.05, 3.63) is 18.3 Å². The van der Waals surface area contributed by atoms with E-state index in [9.17, 15) is 4.79 Å². The minimum atomic E-state index is -0.714. The largest absolute Gasteiger partial charge is 0.478 e. The molecule has 0 aliphatic heterocycles. The first-order valence-electron chi connectivity index (χ1n) is 8.55. The second-order valence-corrected chi connectivity index (χ2v) is 6.44. The molecule has 5 nitrogen and oxygen atoms in total. The number of nitrogens with one attached hydrogen (secondary N) is 1. The molecule has 1 amide bonds. The zero-order valence-electron chi connectivity index (χ0n) is 14.4. The first-order chi connectivity index (χ1) is 11.1. The van der Waals surface area contributed by atoms with Crippen molar-refractivity contribution in [2.24, 2.45) is 5.92 Å². The molecule has 1 aromatic heterocycles. The van der Waals surface area contributed by atoms with Crippen LogP contribution in [0, 0.1) is 5.92 Å². The summed E-state index contributed by atoms with van der Waals surface area (Å²) in [5.74, 6) is 1.01. The van der Waals surface area contributed by atoms with Gasteiger partial charge in [-0.1, -0.05) is 26.7 Å². The van der Waals surface area contributed by atoms with E-state index in [1.165, 1.54) is 0 Å². The Morgan fingerprint density at radius 3 is 2.91 bits per heavy atom. The van der Waals surface area contributed by atoms with Crippen LogP contribution in [0.4, 0.5) is 5.69 Å². The summed E-state index contributed by atoms with van der Waals surface area (Å²) < 4.78 is 11.1. The zero-order chi connectivity index (χ0) is 16.7. The van der Waals surface area contributed by atoms with E-state index in [0.29, 0.717) is 24.1 Å². The molecule has 5 heteroatoms. The lowest BCUT2D eigenvalue weighted by Crippen LogP contribution is -2.47. The number of nitrogens with zero attached hydrogens (tertiary/aromatic N) is 1. The smallest absolute Gasteiger partial charge is 0.256 e. The SMILES string of the molecule is CCCCOc1ccc(NC(=O)C2(OC)CCCC(C)C2)cn1. The number of amides is 1. The van der Waals surface area contributed by atoms with E-state index in [-0.39, 0.29) is 5.91 Å². The topological polar surface area (TPSA) is 60.5 Å². The maximum atomic E-state index is 12.7. The monoisotopic (exact) mass is 320 g/mol. The molecule has 128 valence electrons. The van der Waals surface area contributed by atoms with Crippen LogP contribution in [0.2, 0.25) is 0 Å². The van der Waals surface area contributed by atoms with Gasteiger partial charge >= 0.3 is 0 Å². The van der Waals surface area contributed by atoms with Crippen LogP contribution < -0.4 is 10.1 Å². The number of unbranched alkanes of at least 4 members (excludes halogenated alkanes) is 1. The van der Waals surface area contributed by atoms with Crippen LogP contribution in [0.1, 0.15) is 52.4 Å². The molecule has 1 saturated carbocycles. The van der Waals surface area contributed by atoms with Crippen LogP contribution in [0.15, 0.2) is 18.3 Å². The van der Waals surface area contributed by atoms with Crippen molar-refractivity contribution in [2.75, 3.05) is 19.0 Å². The van der Waals surface area contributed by atoms with Gasteiger partial charge in [-0.3, -0.25) is 4.79 Å². The third-order valence-electron chi connectivity index (χ3n) is 4.50. The Labute approximate surface area is 138 Å². The number of anilines is 1. The molecule has 0 saturated heterocycles. The summed E-state index contributed by atoms with van der Waals surface area (Å²) in [6.07, 6.45) is 7.44. The van der Waals surface area contributed by atoms with Crippen LogP contribution in [0.25, 0.3) is 0 Å². The predicted octanol–water partition coefficient (Wildman–Crippen LogP) is 3.79. The second kappa shape index (κ2) is 8.29. The number of rotatable bonds is 7. The third kappa shape index (κ3) is 4.67. The predicted molar refractivity (Wildman–Crippen MR) is 90.6 cm³/mol. The highest BCUT2D eigenvalue weighted by Gasteiger charge is 2.41. The lowest BCUT2D eigenvalue weighted by Gasteiger charge is -2.37. The summed E-state index contributed by atoms with van der Waals surface area (Å²) >= 11 is 0. The number of hydrogen-bond acceptors (Lipinski definition) is 4. The van der Waals surface area contributed by atoms with E-state index in [1.54, 1.807) is 19.4 Å². The molecule has 1 aliphatic carbocycles. The molecular weight excluding hydrogens is 292 g/mol. The van der Waals surface area contributed by atoms with Gasteiger partial charge in [0.05, 0.1) is 18.5 Å². The highest BCUT2D eigenvalue weighted by molar-refractivity contribution is 5.97. The number of carbonyl (C=O) groups excluding carboxylic acids is 1. The molecule has 0 bridgehead atoms. The molecule has 0 radical (unpaired) electrons. The quantitative estimate of drug-likeness (QED) is 0.776. The molecule has 2 rings (SSSR count). The van der Waals surface area contributed by atoms with Gasteiger partial charge in [0.15, 0.2) is 0 Å². The summed E-state index contributed by atoms with van der Waals surface area (Å²) in [5, 5.41) is 2.94. The molecule has 1 aromatic rings. The number of aromatic nitrogens is 1. The average Bonchev–Trinajstić information content (AvgIpc) is 2.56. The average molecular weight is 320 g/mol. The Morgan fingerprint density at radius 1 is 1.48 bits per heavy atom. The normalized spacial score (nSPS) is 24.2. The van der Waals surface area contributed by atoms with E-state index in [4.69, 9.17) is 9.47 Å². The highest BCUT2D eigenvalue weighted by Crippen LogP contribution is 2.35. The maximum Gasteiger partial charge on any atom is 0.256 e. The standard InChI is InChI=1S/C18H28N2O3/c1-4-5-11-23-16-9-8-15(13-19-16)20-17(21)18(22-3)10-6-7-14(2)12-18/h8-9,13-14H,4-7,10-12H2,1-3H3,(H,20,21). The van der Waals surface area contributed by atoms with Crippen LogP contribution in [-0.2, 0) is 9.53 Å². The summed E-state index contributed by atoms with van der Waals surface area (Å²) in [6.45, 7) is 4.96. The van der Waals surface area contributed by atoms with Crippen LogP contribution in [0.3, 0.4) is 0 Å². The molecule has 2 unspecified atom stereocenters. The molecular formula is C18H28N2O3. The lowest BCUT2D eigenvalue weighted by atomic mass is 9.78. The van der Waals surface area contributed by atoms with Gasteiger partial charge in [0, 0.05) is 13.2 Å². The number of ether oxygens (including phenoxy) is 2. The molecule has 23 heavy (non-hydrogen) atoms. The van der Waals surface area contributed by atoms with Gasteiger partial charge in [0.1, 0.15) is 5.60 Å². The fraction of sp³-hybridized carbons (Fsp3) is 0.667. The van der Waals surface area contributed by atoms with Crippen molar-refractivity contribution in [3.8, 4) is 5.88 Å². The van der Waals surface area contributed by atoms with Crippen LogP contribution >= 0.6 is 0 Å². The van der Waals surface area contributed by atoms with Gasteiger partial charge in [0.25, 0.3) is 5.91 Å². The second-order valence-electron chi connectivity index (χ2n) is 6.44. The maximum absolute atomic E-state index is 12.7. The number of pyridine rings is 1. The van der Waals surface area contributed by atoms with E-state index in [0.717, 1.165) is 38.5 Å². The molecule has 1 heterocycles. The highest BCUT2D eigenvalue weighted by atomic mass is 16.5. The Hall–Kier alpha value is -1.62. The lowest BCUT2D eigenvalue weighted by molar-refractivity contribution is -0.143. The zero-order valence-corrected chi connectivity index (χ0v) is 14.4. The Kier molecular flexibility index (Phi) is 6.39. The molecule has 1 N–H and O–H groups in total. The first kappa shape index (κ1) is 17.7. The van der Waals surface area contributed by atoms with Gasteiger partial charge in [-0.05, 0) is 37.7 Å². The molecule has 0 aromatic carbocycles. The van der Waals surface area contributed by atoms with Crippen molar-refractivity contribution >= 4 is 11.6 Å². The van der Waals surface area contributed by atoms with E-state index in [2.05, 4.69) is 24.1 Å². The van der Waals surface area contributed by atoms with Gasteiger partial charge in [-0.2, -0.15) is 0 Å². The molecule has 2 atom stereocenters. The van der Waals surface area contributed by atoms with Gasteiger partial charge in [-0.25, -0.2) is 4.98 Å². The van der Waals surface area contributed by atoms with E-state index in [1.807, 2.05) is 6.07 Å². The number of hydrogen-bond donors (Lipinski definition) is 1. The van der Waals surface area contributed by atoms with Crippen molar-refractivity contribution in [1.29, 1.82) is 0 Å². The fourth-order valence-corrected chi connectivity index (χ4v) is 3.09. The summed E-state index contributed by atoms with van der Waals surface area (Å²) in [4.78, 5) is 16.9. The van der Waals surface area contributed by atoms with Crippen molar-refractivity contribution in [1.82, 2.24) is 4.98 Å². The van der Waals surface area contributed by atoms with Crippen molar-refractivity contribution < 1.29 is 14.3 Å². The van der Waals surface area contributed by atoms with Gasteiger partial charge in [-0.15, -0.1) is 0 Å². The summed E-state index contributed by atoms with van der Waals surface area (Å²) in [7, 11) is 1.63. The summed E-state index contributed by atoms with van der Waals surface area (Å²) in [6, 6.07) is 3.61. The van der Waals surface area contributed by atoms with Crippen molar-refractivity contribution in [2.45, 2.75) is 58.0 Å². The minimum absolute atomic E-state index is 0.0759. The van der Waals surface area contributed by atoms with E-state index < -0.39 is 5.60 Å². The Balaban J connectivity index is 1.96. The van der Waals surface area contributed by atoms with Gasteiger partial charge < -0.3 is 14.8 Å². The number of carbonyl (C=O) groups is 1. The van der Waals surface area contributed by atoms with Gasteiger partial charge in [0.2, 0.25) is 5.88 Å². The summed E-state index contributed by atoms with van der Waals surface area (Å²) in [5.41, 5.74) is -0.0407. The molecule has 1 aliphatic rings. The third-order valence-corrected chi connectivity index (χ3v) is 4.50. The Bertz CT molecular complexity index is 503. The molecule has 0 spiro atoms.